The molecule has 0 saturated heterocycles. The van der Waals surface area contributed by atoms with Gasteiger partial charge in [-0.1, -0.05) is 30.3 Å². The van der Waals surface area contributed by atoms with E-state index in [4.69, 9.17) is 4.74 Å². The van der Waals surface area contributed by atoms with Gasteiger partial charge in [0, 0.05) is 12.2 Å². The maximum Gasteiger partial charge on any atom is 0.253 e. The van der Waals surface area contributed by atoms with Gasteiger partial charge in [0.1, 0.15) is 11.6 Å². The summed E-state index contributed by atoms with van der Waals surface area (Å²) < 4.78 is 6.74. The van der Waals surface area contributed by atoms with Crippen LogP contribution in [-0.2, 0) is 22.6 Å². The molecule has 116 valence electrons. The number of anilines is 1. The van der Waals surface area contributed by atoms with Crippen molar-refractivity contribution < 1.29 is 9.53 Å². The summed E-state index contributed by atoms with van der Waals surface area (Å²) in [6, 6.07) is 16.0. The highest BCUT2D eigenvalue weighted by atomic mass is 32.1. The third-order valence-corrected chi connectivity index (χ3v) is 4.99. The van der Waals surface area contributed by atoms with Crippen LogP contribution in [0.4, 0.5) is 5.69 Å². The van der Waals surface area contributed by atoms with Crippen LogP contribution in [0.1, 0.15) is 10.6 Å². The first kappa shape index (κ1) is 14.4. The van der Waals surface area contributed by atoms with Crippen molar-refractivity contribution >= 4 is 33.1 Å². The molecule has 0 radical (unpaired) electrons. The summed E-state index contributed by atoms with van der Waals surface area (Å²) in [5.74, 6) is 0.0102. The predicted molar refractivity (Wildman–Crippen MR) is 91.8 cm³/mol. The topological polar surface area (TPSA) is 42.4 Å². The molecule has 2 heterocycles. The smallest absolute Gasteiger partial charge is 0.253 e. The molecule has 0 unspecified atom stereocenters. The molecule has 0 saturated carbocycles. The molecule has 0 fully saturated rings. The number of hydrogen-bond donors (Lipinski definition) is 0. The first-order valence-electron chi connectivity index (χ1n) is 7.62. The van der Waals surface area contributed by atoms with E-state index in [0.29, 0.717) is 6.61 Å². The normalized spacial score (nSPS) is 13.5. The van der Waals surface area contributed by atoms with E-state index in [1.807, 2.05) is 47.4 Å². The van der Waals surface area contributed by atoms with E-state index in [1.165, 1.54) is 5.56 Å². The maximum absolute atomic E-state index is 12.4. The molecule has 5 heteroatoms. The third-order valence-electron chi connectivity index (χ3n) is 3.98. The molecular formula is C18H16N2O2S. The van der Waals surface area contributed by atoms with Crippen molar-refractivity contribution in [3.63, 3.8) is 0 Å². The SMILES string of the molecule is O=C(COCc1nc2ccccc2s1)N1CCc2ccccc21. The number of amides is 1. The van der Waals surface area contributed by atoms with Crippen molar-refractivity contribution in [3.8, 4) is 0 Å². The number of fused-ring (bicyclic) bond motifs is 2. The Labute approximate surface area is 138 Å². The van der Waals surface area contributed by atoms with Crippen LogP contribution in [0, 0.1) is 0 Å². The Morgan fingerprint density at radius 1 is 1.17 bits per heavy atom. The van der Waals surface area contributed by atoms with Gasteiger partial charge in [0.15, 0.2) is 0 Å². The Hall–Kier alpha value is -2.24. The molecule has 4 rings (SSSR count). The van der Waals surface area contributed by atoms with Gasteiger partial charge in [-0.15, -0.1) is 11.3 Å². The van der Waals surface area contributed by atoms with Crippen LogP contribution in [0.5, 0.6) is 0 Å². The number of carbonyl (C=O) groups is 1. The van der Waals surface area contributed by atoms with Gasteiger partial charge in [-0.05, 0) is 30.2 Å². The Kier molecular flexibility index (Phi) is 3.81. The number of hydrogen-bond acceptors (Lipinski definition) is 4. The molecular weight excluding hydrogens is 308 g/mol. The summed E-state index contributed by atoms with van der Waals surface area (Å²) >= 11 is 1.61. The summed E-state index contributed by atoms with van der Waals surface area (Å²) in [4.78, 5) is 18.7. The highest BCUT2D eigenvalue weighted by molar-refractivity contribution is 7.18. The Morgan fingerprint density at radius 2 is 2.00 bits per heavy atom. The molecule has 2 aromatic carbocycles. The molecule has 23 heavy (non-hydrogen) atoms. The van der Waals surface area contributed by atoms with Gasteiger partial charge >= 0.3 is 0 Å². The predicted octanol–water partition coefficient (Wildman–Crippen LogP) is 3.40. The van der Waals surface area contributed by atoms with Gasteiger partial charge in [0.05, 0.1) is 16.8 Å². The Morgan fingerprint density at radius 3 is 2.91 bits per heavy atom. The van der Waals surface area contributed by atoms with Crippen molar-refractivity contribution in [1.29, 1.82) is 0 Å². The molecule has 3 aromatic rings. The largest absolute Gasteiger partial charge is 0.364 e. The van der Waals surface area contributed by atoms with Gasteiger partial charge in [-0.25, -0.2) is 4.98 Å². The van der Waals surface area contributed by atoms with Crippen LogP contribution in [0.2, 0.25) is 0 Å². The number of nitrogens with zero attached hydrogens (tertiary/aromatic N) is 2. The van der Waals surface area contributed by atoms with E-state index in [9.17, 15) is 4.79 Å². The second-order valence-corrected chi connectivity index (χ2v) is 6.61. The second kappa shape index (κ2) is 6.10. The van der Waals surface area contributed by atoms with Crippen LogP contribution in [0.15, 0.2) is 48.5 Å². The van der Waals surface area contributed by atoms with E-state index in [2.05, 4.69) is 11.1 Å². The zero-order valence-electron chi connectivity index (χ0n) is 12.6. The van der Waals surface area contributed by atoms with E-state index < -0.39 is 0 Å². The Bertz CT molecular complexity index is 826. The maximum atomic E-state index is 12.4. The molecule has 1 aliphatic heterocycles. The summed E-state index contributed by atoms with van der Waals surface area (Å²) in [5.41, 5.74) is 3.23. The first-order chi connectivity index (χ1) is 11.3. The van der Waals surface area contributed by atoms with Crippen molar-refractivity contribution in [2.45, 2.75) is 13.0 Å². The minimum Gasteiger partial charge on any atom is -0.364 e. The second-order valence-electron chi connectivity index (χ2n) is 5.49. The number of aromatic nitrogens is 1. The van der Waals surface area contributed by atoms with E-state index in [0.717, 1.165) is 33.9 Å². The fourth-order valence-corrected chi connectivity index (χ4v) is 3.79. The number of para-hydroxylation sites is 2. The molecule has 0 N–H and O–H groups in total. The average Bonchev–Trinajstić information content (AvgIpc) is 3.18. The average molecular weight is 324 g/mol. The molecule has 0 aliphatic carbocycles. The lowest BCUT2D eigenvalue weighted by Gasteiger charge is -2.17. The molecule has 0 spiro atoms. The highest BCUT2D eigenvalue weighted by Crippen LogP contribution is 2.27. The van der Waals surface area contributed by atoms with E-state index >= 15 is 0 Å². The minimum absolute atomic E-state index is 0.0102. The van der Waals surface area contributed by atoms with Gasteiger partial charge < -0.3 is 9.64 Å². The van der Waals surface area contributed by atoms with Crippen LogP contribution in [-0.4, -0.2) is 24.0 Å². The van der Waals surface area contributed by atoms with Gasteiger partial charge in [-0.2, -0.15) is 0 Å². The fraction of sp³-hybridized carbons (Fsp3) is 0.222. The van der Waals surface area contributed by atoms with E-state index in [-0.39, 0.29) is 12.5 Å². The van der Waals surface area contributed by atoms with Crippen LogP contribution in [0.25, 0.3) is 10.2 Å². The number of carbonyl (C=O) groups excluding carboxylic acids is 1. The fourth-order valence-electron chi connectivity index (χ4n) is 2.88. The summed E-state index contributed by atoms with van der Waals surface area (Å²) in [5, 5.41) is 0.904. The monoisotopic (exact) mass is 324 g/mol. The lowest BCUT2D eigenvalue weighted by atomic mass is 10.2. The number of rotatable bonds is 4. The molecule has 0 atom stereocenters. The zero-order valence-corrected chi connectivity index (χ0v) is 13.4. The van der Waals surface area contributed by atoms with Crippen molar-refractivity contribution in [2.24, 2.45) is 0 Å². The lowest BCUT2D eigenvalue weighted by molar-refractivity contribution is -0.123. The molecule has 0 bridgehead atoms. The van der Waals surface area contributed by atoms with E-state index in [1.54, 1.807) is 11.3 Å². The third kappa shape index (κ3) is 2.85. The summed E-state index contributed by atoms with van der Waals surface area (Å²) in [7, 11) is 0. The summed E-state index contributed by atoms with van der Waals surface area (Å²) in [6.45, 7) is 1.20. The van der Waals surface area contributed by atoms with Gasteiger partial charge in [0.2, 0.25) is 0 Å². The number of benzene rings is 2. The number of thiazole rings is 1. The Balaban J connectivity index is 1.37. The van der Waals surface area contributed by atoms with Crippen LogP contribution >= 0.6 is 11.3 Å². The molecule has 1 amide bonds. The molecule has 1 aromatic heterocycles. The lowest BCUT2D eigenvalue weighted by Crippen LogP contribution is -2.32. The van der Waals surface area contributed by atoms with Crippen molar-refractivity contribution in [3.05, 3.63) is 59.1 Å². The van der Waals surface area contributed by atoms with Crippen LogP contribution < -0.4 is 4.90 Å². The van der Waals surface area contributed by atoms with Gasteiger partial charge in [-0.3, -0.25) is 4.79 Å². The van der Waals surface area contributed by atoms with Crippen molar-refractivity contribution in [2.75, 3.05) is 18.1 Å². The standard InChI is InChI=1S/C18H16N2O2S/c21-18(20-10-9-13-5-1-3-7-15(13)20)12-22-11-17-19-14-6-2-4-8-16(14)23-17/h1-8H,9-12H2. The zero-order chi connectivity index (χ0) is 15.6. The van der Waals surface area contributed by atoms with Gasteiger partial charge in [0.25, 0.3) is 5.91 Å². The highest BCUT2D eigenvalue weighted by Gasteiger charge is 2.23. The van der Waals surface area contributed by atoms with Crippen molar-refractivity contribution in [1.82, 2.24) is 4.98 Å². The molecule has 4 nitrogen and oxygen atoms in total. The summed E-state index contributed by atoms with van der Waals surface area (Å²) in [6.07, 6.45) is 0.916. The minimum atomic E-state index is 0.0102. The molecule has 1 aliphatic rings. The number of ether oxygens (including phenoxy) is 1. The van der Waals surface area contributed by atoms with Crippen LogP contribution in [0.3, 0.4) is 0 Å². The first-order valence-corrected chi connectivity index (χ1v) is 8.43. The quantitative estimate of drug-likeness (QED) is 0.739.